The van der Waals surface area contributed by atoms with Gasteiger partial charge in [0.25, 0.3) is 0 Å². The molecule has 1 rings (SSSR count). The molecule has 0 atom stereocenters. The van der Waals surface area contributed by atoms with Crippen molar-refractivity contribution >= 4 is 11.9 Å². The minimum atomic E-state index is -1.23. The Balaban J connectivity index is 3.34. The van der Waals surface area contributed by atoms with Crippen molar-refractivity contribution in [2.45, 2.75) is 6.92 Å². The van der Waals surface area contributed by atoms with Gasteiger partial charge in [-0.3, -0.25) is 4.79 Å². The normalized spacial score (nSPS) is 9.67. The van der Waals surface area contributed by atoms with Crippen LogP contribution in [-0.2, 0) is 0 Å². The van der Waals surface area contributed by atoms with Gasteiger partial charge in [-0.05, 0) is 19.1 Å². The fourth-order valence-corrected chi connectivity index (χ4v) is 1.23. The standard InChI is InChI=1S/C10H11NO4/c1-2-15-7-5-3-4-6(9(11)12)8(7)10(13)14/h3-5H,2H2,1H3,(H2,11,12)(H,13,14). The molecule has 0 radical (unpaired) electrons. The lowest BCUT2D eigenvalue weighted by Gasteiger charge is -2.09. The second-order valence-corrected chi connectivity index (χ2v) is 2.78. The Morgan fingerprint density at radius 3 is 2.60 bits per heavy atom. The number of carboxylic acids is 1. The molecule has 0 spiro atoms. The van der Waals surface area contributed by atoms with Crippen molar-refractivity contribution in [2.24, 2.45) is 5.73 Å². The first kappa shape index (κ1) is 11.0. The predicted molar refractivity (Wildman–Crippen MR) is 53.1 cm³/mol. The molecule has 0 heterocycles. The van der Waals surface area contributed by atoms with Gasteiger partial charge in [0.05, 0.1) is 12.2 Å². The summed E-state index contributed by atoms with van der Waals surface area (Å²) >= 11 is 0. The Bertz CT molecular complexity index is 400. The van der Waals surface area contributed by atoms with Crippen LogP contribution in [0.2, 0.25) is 0 Å². The van der Waals surface area contributed by atoms with Crippen molar-refractivity contribution in [2.75, 3.05) is 6.61 Å². The molecule has 0 aliphatic heterocycles. The van der Waals surface area contributed by atoms with E-state index in [1.165, 1.54) is 18.2 Å². The van der Waals surface area contributed by atoms with Crippen molar-refractivity contribution in [3.63, 3.8) is 0 Å². The number of benzene rings is 1. The molecule has 3 N–H and O–H groups in total. The maximum absolute atomic E-state index is 11.0. The van der Waals surface area contributed by atoms with E-state index in [0.717, 1.165) is 0 Å². The second kappa shape index (κ2) is 4.45. The number of hydrogen-bond donors (Lipinski definition) is 2. The van der Waals surface area contributed by atoms with Crippen LogP contribution in [0.25, 0.3) is 0 Å². The topological polar surface area (TPSA) is 89.6 Å². The first-order valence-corrected chi connectivity index (χ1v) is 4.36. The fourth-order valence-electron chi connectivity index (χ4n) is 1.23. The SMILES string of the molecule is CCOc1cccc(C(N)=O)c1C(=O)O. The van der Waals surface area contributed by atoms with Crippen molar-refractivity contribution in [3.05, 3.63) is 29.3 Å². The summed E-state index contributed by atoms with van der Waals surface area (Å²) in [6, 6.07) is 4.37. The number of nitrogens with two attached hydrogens (primary N) is 1. The zero-order chi connectivity index (χ0) is 11.4. The van der Waals surface area contributed by atoms with E-state index in [1.807, 2.05) is 0 Å². The summed E-state index contributed by atoms with van der Waals surface area (Å²) < 4.78 is 5.10. The summed E-state index contributed by atoms with van der Waals surface area (Å²) in [6.45, 7) is 2.05. The molecular formula is C10H11NO4. The van der Waals surface area contributed by atoms with Gasteiger partial charge in [-0.1, -0.05) is 6.07 Å². The van der Waals surface area contributed by atoms with E-state index in [0.29, 0.717) is 6.61 Å². The molecule has 0 bridgehead atoms. The largest absolute Gasteiger partial charge is 0.493 e. The smallest absolute Gasteiger partial charge is 0.340 e. The van der Waals surface area contributed by atoms with Gasteiger partial charge in [-0.2, -0.15) is 0 Å². The highest BCUT2D eigenvalue weighted by Crippen LogP contribution is 2.22. The molecular weight excluding hydrogens is 198 g/mol. The zero-order valence-electron chi connectivity index (χ0n) is 8.19. The molecule has 0 saturated carbocycles. The van der Waals surface area contributed by atoms with Gasteiger partial charge in [0, 0.05) is 0 Å². The lowest BCUT2D eigenvalue weighted by atomic mass is 10.1. The summed E-state index contributed by atoms with van der Waals surface area (Å²) in [5, 5.41) is 8.93. The summed E-state index contributed by atoms with van der Waals surface area (Å²) in [4.78, 5) is 21.9. The van der Waals surface area contributed by atoms with Gasteiger partial charge < -0.3 is 15.6 Å². The molecule has 0 aromatic heterocycles. The van der Waals surface area contributed by atoms with E-state index < -0.39 is 11.9 Å². The highest BCUT2D eigenvalue weighted by molar-refractivity contribution is 6.05. The fraction of sp³-hybridized carbons (Fsp3) is 0.200. The summed E-state index contributed by atoms with van der Waals surface area (Å²) in [5.74, 6) is -1.86. The molecule has 0 saturated heterocycles. The second-order valence-electron chi connectivity index (χ2n) is 2.78. The Labute approximate surface area is 86.5 Å². The van der Waals surface area contributed by atoms with E-state index in [9.17, 15) is 9.59 Å². The Morgan fingerprint density at radius 1 is 1.47 bits per heavy atom. The summed E-state index contributed by atoms with van der Waals surface area (Å²) in [5.41, 5.74) is 4.82. The third-order valence-corrected chi connectivity index (χ3v) is 1.81. The van der Waals surface area contributed by atoms with Gasteiger partial charge in [0.2, 0.25) is 5.91 Å². The number of aromatic carboxylic acids is 1. The molecule has 0 aliphatic rings. The molecule has 0 fully saturated rings. The Hall–Kier alpha value is -2.04. The quantitative estimate of drug-likeness (QED) is 0.770. The average molecular weight is 209 g/mol. The van der Waals surface area contributed by atoms with Crippen LogP contribution >= 0.6 is 0 Å². The molecule has 0 unspecified atom stereocenters. The van der Waals surface area contributed by atoms with Gasteiger partial charge in [0.15, 0.2) is 0 Å². The highest BCUT2D eigenvalue weighted by Gasteiger charge is 2.19. The average Bonchev–Trinajstić information content (AvgIpc) is 2.17. The summed E-state index contributed by atoms with van der Waals surface area (Å²) in [6.07, 6.45) is 0. The number of ether oxygens (including phenoxy) is 1. The monoisotopic (exact) mass is 209 g/mol. The van der Waals surface area contributed by atoms with Gasteiger partial charge in [0.1, 0.15) is 11.3 Å². The van der Waals surface area contributed by atoms with Crippen molar-refractivity contribution in [3.8, 4) is 5.75 Å². The maximum Gasteiger partial charge on any atom is 0.340 e. The highest BCUT2D eigenvalue weighted by atomic mass is 16.5. The number of amides is 1. The van der Waals surface area contributed by atoms with Gasteiger partial charge in [-0.15, -0.1) is 0 Å². The zero-order valence-corrected chi connectivity index (χ0v) is 8.19. The molecule has 1 aromatic carbocycles. The molecule has 0 aliphatic carbocycles. The molecule has 1 aromatic rings. The van der Waals surface area contributed by atoms with Crippen LogP contribution in [0.5, 0.6) is 5.75 Å². The first-order valence-electron chi connectivity index (χ1n) is 4.36. The minimum Gasteiger partial charge on any atom is -0.493 e. The number of carbonyl (C=O) groups excluding carboxylic acids is 1. The molecule has 5 heteroatoms. The Morgan fingerprint density at radius 2 is 2.13 bits per heavy atom. The molecule has 80 valence electrons. The lowest BCUT2D eigenvalue weighted by Crippen LogP contribution is -2.17. The Kier molecular flexibility index (Phi) is 3.28. The first-order chi connectivity index (χ1) is 7.07. The number of carbonyl (C=O) groups is 2. The molecule has 5 nitrogen and oxygen atoms in total. The third-order valence-electron chi connectivity index (χ3n) is 1.81. The van der Waals surface area contributed by atoms with Gasteiger partial charge >= 0.3 is 5.97 Å². The van der Waals surface area contributed by atoms with Gasteiger partial charge in [-0.25, -0.2) is 4.79 Å². The minimum absolute atomic E-state index is 0.0477. The van der Waals surface area contributed by atoms with Crippen LogP contribution in [0, 0.1) is 0 Å². The number of carboxylic acid groups (broad SMARTS) is 1. The summed E-state index contributed by atoms with van der Waals surface area (Å²) in [7, 11) is 0. The van der Waals surface area contributed by atoms with E-state index in [1.54, 1.807) is 6.92 Å². The number of primary amides is 1. The third kappa shape index (κ3) is 2.25. The van der Waals surface area contributed by atoms with Crippen LogP contribution in [0.15, 0.2) is 18.2 Å². The molecule has 1 amide bonds. The van der Waals surface area contributed by atoms with Crippen molar-refractivity contribution < 1.29 is 19.4 Å². The predicted octanol–water partition coefficient (Wildman–Crippen LogP) is 0.882. The van der Waals surface area contributed by atoms with Crippen molar-refractivity contribution in [1.29, 1.82) is 0 Å². The van der Waals surface area contributed by atoms with Crippen molar-refractivity contribution in [1.82, 2.24) is 0 Å². The van der Waals surface area contributed by atoms with Crippen LogP contribution in [-0.4, -0.2) is 23.6 Å². The number of rotatable bonds is 4. The van der Waals surface area contributed by atoms with Crippen LogP contribution in [0.3, 0.4) is 0 Å². The maximum atomic E-state index is 11.0. The van der Waals surface area contributed by atoms with Crippen LogP contribution in [0.4, 0.5) is 0 Å². The van der Waals surface area contributed by atoms with E-state index >= 15 is 0 Å². The van der Waals surface area contributed by atoms with E-state index in [4.69, 9.17) is 15.6 Å². The van der Waals surface area contributed by atoms with Crippen LogP contribution in [0.1, 0.15) is 27.6 Å². The van der Waals surface area contributed by atoms with E-state index in [-0.39, 0.29) is 16.9 Å². The lowest BCUT2D eigenvalue weighted by molar-refractivity contribution is 0.0687. The molecule has 15 heavy (non-hydrogen) atoms. The van der Waals surface area contributed by atoms with Crippen LogP contribution < -0.4 is 10.5 Å². The van der Waals surface area contributed by atoms with E-state index in [2.05, 4.69) is 0 Å². The number of hydrogen-bond acceptors (Lipinski definition) is 3.